The fourth-order valence-corrected chi connectivity index (χ4v) is 4.73. The Bertz CT molecular complexity index is 1190. The highest BCUT2D eigenvalue weighted by Crippen LogP contribution is 2.52. The van der Waals surface area contributed by atoms with Crippen LogP contribution in [-0.4, -0.2) is 41.4 Å². The third-order valence-corrected chi connectivity index (χ3v) is 6.69. The number of ether oxygens (including phenoxy) is 1. The summed E-state index contributed by atoms with van der Waals surface area (Å²) in [6, 6.07) is 4.13. The minimum absolute atomic E-state index is 0.0932. The third kappa shape index (κ3) is 3.77. The molecule has 5 rings (SSSR count). The molecule has 172 valence electrons. The summed E-state index contributed by atoms with van der Waals surface area (Å²) in [5, 5.41) is 12.9. The van der Waals surface area contributed by atoms with Crippen LogP contribution in [0.2, 0.25) is 0 Å². The van der Waals surface area contributed by atoms with Crippen LogP contribution in [0.25, 0.3) is 17.3 Å². The number of halogens is 3. The average Bonchev–Trinajstić information content (AvgIpc) is 3.54. The van der Waals surface area contributed by atoms with E-state index < -0.39 is 23.2 Å². The van der Waals surface area contributed by atoms with Crippen LogP contribution < -0.4 is 5.32 Å². The first kappa shape index (κ1) is 21.9. The SMILES string of the molecule is Cc1ccc(-c2nc(C(=O)NC3(CO)CCOCC3)c3c4c2C=CC=CC34)cc1C(F)(F)F. The Morgan fingerprint density at radius 2 is 2.00 bits per heavy atom. The Kier molecular flexibility index (Phi) is 5.17. The molecule has 5 nitrogen and oxygen atoms in total. The Morgan fingerprint density at radius 3 is 2.70 bits per heavy atom. The standard InChI is InChI=1S/C25H23F3N2O3/c1-14-6-7-15(12-18(14)25(26,27)28)21-17-5-3-2-4-16-19(17)20(16)22(29-21)23(32)30-24(13-31)8-10-33-11-9-24/h2-7,12,16,31H,8-11,13H2,1H3,(H,30,32). The molecular formula is C25H23F3N2O3. The number of fused-ring (bicyclic) bond motifs is 1. The van der Waals surface area contributed by atoms with Gasteiger partial charge in [-0.3, -0.25) is 4.79 Å². The first-order valence-corrected chi connectivity index (χ1v) is 10.9. The molecule has 2 aromatic rings. The lowest BCUT2D eigenvalue weighted by Crippen LogP contribution is -2.54. The number of carbonyl (C=O) groups excluding carboxylic acids is 1. The van der Waals surface area contributed by atoms with Crippen molar-refractivity contribution in [3.63, 3.8) is 0 Å². The fourth-order valence-electron chi connectivity index (χ4n) is 4.73. The molecule has 33 heavy (non-hydrogen) atoms. The van der Waals surface area contributed by atoms with Gasteiger partial charge in [0.05, 0.1) is 23.4 Å². The van der Waals surface area contributed by atoms with E-state index in [1.165, 1.54) is 13.0 Å². The number of nitrogens with one attached hydrogen (secondary N) is 1. The van der Waals surface area contributed by atoms with Gasteiger partial charge in [0.2, 0.25) is 0 Å². The molecule has 0 spiro atoms. The molecule has 8 heteroatoms. The van der Waals surface area contributed by atoms with Crippen molar-refractivity contribution < 1.29 is 27.8 Å². The lowest BCUT2D eigenvalue weighted by molar-refractivity contribution is -0.138. The molecule has 1 amide bonds. The zero-order valence-corrected chi connectivity index (χ0v) is 18.0. The van der Waals surface area contributed by atoms with E-state index in [1.807, 2.05) is 24.3 Å². The van der Waals surface area contributed by atoms with Gasteiger partial charge in [-0.2, -0.15) is 13.2 Å². The zero-order chi connectivity index (χ0) is 23.4. The van der Waals surface area contributed by atoms with Gasteiger partial charge in [-0.15, -0.1) is 0 Å². The summed E-state index contributed by atoms with van der Waals surface area (Å²) in [5.41, 5.74) is 1.88. The molecule has 1 fully saturated rings. The van der Waals surface area contributed by atoms with E-state index in [0.29, 0.717) is 37.3 Å². The maximum absolute atomic E-state index is 13.6. The summed E-state index contributed by atoms with van der Waals surface area (Å²) in [7, 11) is 0. The van der Waals surface area contributed by atoms with Gasteiger partial charge < -0.3 is 15.2 Å². The first-order chi connectivity index (χ1) is 15.7. The van der Waals surface area contributed by atoms with E-state index in [4.69, 9.17) is 4.74 Å². The van der Waals surface area contributed by atoms with Crippen LogP contribution in [0.1, 0.15) is 57.1 Å². The Morgan fingerprint density at radius 1 is 1.24 bits per heavy atom. The molecule has 1 aliphatic heterocycles. The lowest BCUT2D eigenvalue weighted by Gasteiger charge is -2.36. The van der Waals surface area contributed by atoms with Crippen LogP contribution >= 0.6 is 0 Å². The molecule has 2 aliphatic carbocycles. The largest absolute Gasteiger partial charge is 0.416 e. The molecule has 2 N–H and O–H groups in total. The molecule has 1 saturated heterocycles. The van der Waals surface area contributed by atoms with Crippen LogP contribution in [0.15, 0.2) is 36.4 Å². The summed E-state index contributed by atoms with van der Waals surface area (Å²) in [6.07, 6.45) is 3.93. The zero-order valence-electron chi connectivity index (χ0n) is 18.0. The van der Waals surface area contributed by atoms with Crippen LogP contribution in [0.5, 0.6) is 0 Å². The molecule has 0 radical (unpaired) electrons. The second-order valence-corrected chi connectivity index (χ2v) is 8.80. The number of hydrogen-bond donors (Lipinski definition) is 2. The van der Waals surface area contributed by atoms with Crippen molar-refractivity contribution in [1.82, 2.24) is 10.3 Å². The maximum Gasteiger partial charge on any atom is 0.416 e. The van der Waals surface area contributed by atoms with Gasteiger partial charge in [-0.05, 0) is 42.5 Å². The van der Waals surface area contributed by atoms with Crippen molar-refractivity contribution in [3.05, 3.63) is 69.9 Å². The number of alkyl halides is 3. The number of hydrogen-bond acceptors (Lipinski definition) is 4. The quantitative estimate of drug-likeness (QED) is 0.717. The molecule has 1 atom stereocenters. The second kappa shape index (κ2) is 7.81. The molecule has 1 unspecified atom stereocenters. The van der Waals surface area contributed by atoms with Crippen LogP contribution in [0, 0.1) is 6.92 Å². The highest BCUT2D eigenvalue weighted by molar-refractivity contribution is 6.00. The first-order valence-electron chi connectivity index (χ1n) is 10.9. The number of aliphatic hydroxyl groups is 1. The monoisotopic (exact) mass is 456 g/mol. The van der Waals surface area contributed by atoms with Crippen molar-refractivity contribution in [1.29, 1.82) is 0 Å². The Labute approximate surface area is 189 Å². The van der Waals surface area contributed by atoms with Gasteiger partial charge in [0.25, 0.3) is 5.91 Å². The van der Waals surface area contributed by atoms with Crippen molar-refractivity contribution in [2.45, 2.75) is 37.4 Å². The summed E-state index contributed by atoms with van der Waals surface area (Å²) in [4.78, 5) is 17.9. The van der Waals surface area contributed by atoms with Crippen molar-refractivity contribution >= 4 is 12.0 Å². The van der Waals surface area contributed by atoms with E-state index in [2.05, 4.69) is 10.3 Å². The van der Waals surface area contributed by atoms with Gasteiger partial charge in [0.15, 0.2) is 0 Å². The minimum atomic E-state index is -4.49. The molecular weight excluding hydrogens is 433 g/mol. The lowest BCUT2D eigenvalue weighted by atomic mass is 9.90. The Hall–Kier alpha value is -2.97. The highest BCUT2D eigenvalue weighted by atomic mass is 19.4. The number of amides is 1. The number of carbonyl (C=O) groups is 1. The summed E-state index contributed by atoms with van der Waals surface area (Å²) in [5.74, 6) is -0.525. The summed E-state index contributed by atoms with van der Waals surface area (Å²) >= 11 is 0. The normalized spacial score (nSPS) is 20.2. The van der Waals surface area contributed by atoms with Crippen molar-refractivity contribution in [2.75, 3.05) is 19.8 Å². The highest BCUT2D eigenvalue weighted by Gasteiger charge is 2.43. The fraction of sp³-hybridized carbons (Fsp3) is 0.360. The average molecular weight is 456 g/mol. The van der Waals surface area contributed by atoms with E-state index in [9.17, 15) is 23.1 Å². The predicted molar refractivity (Wildman–Crippen MR) is 117 cm³/mol. The number of rotatable bonds is 4. The van der Waals surface area contributed by atoms with Gasteiger partial charge in [-0.25, -0.2) is 4.98 Å². The number of allylic oxidation sites excluding steroid dienone is 3. The topological polar surface area (TPSA) is 71.5 Å². The van der Waals surface area contributed by atoms with E-state index in [-0.39, 0.29) is 23.8 Å². The summed E-state index contributed by atoms with van der Waals surface area (Å²) < 4.78 is 46.0. The van der Waals surface area contributed by atoms with E-state index >= 15 is 0 Å². The predicted octanol–water partition coefficient (Wildman–Crippen LogP) is 4.38. The molecule has 0 bridgehead atoms. The Balaban J connectivity index is 1.60. The number of pyridine rings is 1. The van der Waals surface area contributed by atoms with Crippen LogP contribution in [-0.2, 0) is 10.9 Å². The molecule has 1 aromatic heterocycles. The van der Waals surface area contributed by atoms with Crippen LogP contribution in [0.3, 0.4) is 0 Å². The maximum atomic E-state index is 13.6. The van der Waals surface area contributed by atoms with Gasteiger partial charge >= 0.3 is 6.18 Å². The molecule has 2 heterocycles. The smallest absolute Gasteiger partial charge is 0.394 e. The van der Waals surface area contributed by atoms with E-state index in [0.717, 1.165) is 22.8 Å². The molecule has 3 aliphatic rings. The number of aliphatic hydroxyl groups excluding tert-OH is 1. The number of nitrogens with zero attached hydrogens (tertiary/aromatic N) is 1. The minimum Gasteiger partial charge on any atom is -0.394 e. The second-order valence-electron chi connectivity index (χ2n) is 8.80. The van der Waals surface area contributed by atoms with Gasteiger partial charge in [0.1, 0.15) is 5.69 Å². The number of benzene rings is 1. The van der Waals surface area contributed by atoms with Gasteiger partial charge in [0, 0.05) is 30.3 Å². The van der Waals surface area contributed by atoms with E-state index in [1.54, 1.807) is 6.07 Å². The van der Waals surface area contributed by atoms with Crippen molar-refractivity contribution in [2.24, 2.45) is 0 Å². The van der Waals surface area contributed by atoms with Crippen LogP contribution in [0.4, 0.5) is 13.2 Å². The van der Waals surface area contributed by atoms with Crippen molar-refractivity contribution in [3.8, 4) is 11.3 Å². The number of aromatic nitrogens is 1. The molecule has 0 saturated carbocycles. The van der Waals surface area contributed by atoms with Gasteiger partial charge in [-0.1, -0.05) is 36.4 Å². The third-order valence-electron chi connectivity index (χ3n) is 6.69. The molecule has 1 aromatic carbocycles. The summed E-state index contributed by atoms with van der Waals surface area (Å²) in [6.45, 7) is 2.05. The number of aryl methyl sites for hydroxylation is 1.